The molecule has 0 aromatic heterocycles. The van der Waals surface area contributed by atoms with Crippen LogP contribution in [0, 0.1) is 5.41 Å². The fourth-order valence-electron chi connectivity index (χ4n) is 5.61. The summed E-state index contributed by atoms with van der Waals surface area (Å²) in [6.07, 6.45) is 6.34. The van der Waals surface area contributed by atoms with Crippen LogP contribution >= 0.6 is 0 Å². The lowest BCUT2D eigenvalue weighted by atomic mass is 9.51. The zero-order chi connectivity index (χ0) is 20.3. The Labute approximate surface area is 169 Å². The van der Waals surface area contributed by atoms with Crippen molar-refractivity contribution in [2.75, 3.05) is 25.9 Å². The van der Waals surface area contributed by atoms with Gasteiger partial charge in [0.1, 0.15) is 0 Å². The zero-order valence-electron chi connectivity index (χ0n) is 17.5. The monoisotopic (exact) mass is 404 g/mol. The first-order valence-electron chi connectivity index (χ1n) is 10.4. The Balaban J connectivity index is 1.73. The molecule has 1 aromatic carbocycles. The van der Waals surface area contributed by atoms with E-state index in [0.29, 0.717) is 4.90 Å². The summed E-state index contributed by atoms with van der Waals surface area (Å²) in [6.45, 7) is 9.24. The molecular weight excluding hydrogens is 372 g/mol. The summed E-state index contributed by atoms with van der Waals surface area (Å²) in [7, 11) is -3.24. The molecule has 3 aliphatic rings. The summed E-state index contributed by atoms with van der Waals surface area (Å²) >= 11 is 0. The molecule has 2 bridgehead atoms. The highest BCUT2D eigenvalue weighted by molar-refractivity contribution is 7.90. The van der Waals surface area contributed by atoms with E-state index in [0.717, 1.165) is 50.9 Å². The highest BCUT2D eigenvalue weighted by atomic mass is 32.2. The molecule has 5 nitrogen and oxygen atoms in total. The number of fused-ring (bicyclic) bond motifs is 4. The second-order valence-corrected chi connectivity index (χ2v) is 11.7. The highest BCUT2D eigenvalue weighted by Crippen LogP contribution is 2.56. The standard InChI is InChI=1S/C22H32N2O3S/c1-21(2)19-14-16-8-9-17(28(4,26)27)15-18(16)22(21,3)10-13-24(19)20(25)23-11-6-5-7-12-23/h8-9,15,19H,5-7,10-14H2,1-4H3/t19-,22+/m0/s1. The Kier molecular flexibility index (Phi) is 4.57. The molecule has 154 valence electrons. The molecular formula is C22H32N2O3S. The summed E-state index contributed by atoms with van der Waals surface area (Å²) in [5.41, 5.74) is 2.07. The molecule has 6 heteroatoms. The van der Waals surface area contributed by atoms with Crippen LogP contribution in [0.15, 0.2) is 23.1 Å². The molecule has 0 unspecified atom stereocenters. The third kappa shape index (κ3) is 2.87. The lowest BCUT2D eigenvalue weighted by Crippen LogP contribution is -2.66. The molecule has 2 fully saturated rings. The van der Waals surface area contributed by atoms with Crippen LogP contribution in [0.4, 0.5) is 4.79 Å². The number of nitrogens with zero attached hydrogens (tertiary/aromatic N) is 2. The summed E-state index contributed by atoms with van der Waals surface area (Å²) < 4.78 is 24.2. The van der Waals surface area contributed by atoms with E-state index in [1.807, 2.05) is 17.0 Å². The molecule has 2 aliphatic heterocycles. The van der Waals surface area contributed by atoms with Crippen LogP contribution < -0.4 is 0 Å². The second-order valence-electron chi connectivity index (χ2n) is 9.64. The molecule has 0 saturated carbocycles. The molecule has 1 aliphatic carbocycles. The SMILES string of the molecule is CC1(C)[C@@H]2Cc3ccc(S(C)(=O)=O)cc3[C@@]1(C)CCN2C(=O)N1CCCCC1. The Morgan fingerprint density at radius 3 is 2.39 bits per heavy atom. The van der Waals surface area contributed by atoms with E-state index in [9.17, 15) is 13.2 Å². The summed E-state index contributed by atoms with van der Waals surface area (Å²) in [4.78, 5) is 17.9. The van der Waals surface area contributed by atoms with Crippen LogP contribution in [0.3, 0.4) is 0 Å². The lowest BCUT2D eigenvalue weighted by Gasteiger charge is -2.61. The van der Waals surface area contributed by atoms with Crippen molar-refractivity contribution in [3.63, 3.8) is 0 Å². The quantitative estimate of drug-likeness (QED) is 0.718. The van der Waals surface area contributed by atoms with Crippen molar-refractivity contribution in [3.8, 4) is 0 Å². The number of rotatable bonds is 1. The summed E-state index contributed by atoms with van der Waals surface area (Å²) in [6, 6.07) is 5.92. The van der Waals surface area contributed by atoms with E-state index in [4.69, 9.17) is 0 Å². The van der Waals surface area contributed by atoms with Gasteiger partial charge < -0.3 is 9.80 Å². The van der Waals surface area contributed by atoms with Crippen molar-refractivity contribution < 1.29 is 13.2 Å². The number of carbonyl (C=O) groups excluding carboxylic acids is 1. The number of sulfone groups is 1. The van der Waals surface area contributed by atoms with Crippen molar-refractivity contribution in [2.45, 2.75) is 69.2 Å². The fourth-order valence-corrected chi connectivity index (χ4v) is 6.26. The van der Waals surface area contributed by atoms with Crippen LogP contribution in [0.2, 0.25) is 0 Å². The van der Waals surface area contributed by atoms with Gasteiger partial charge in [0.25, 0.3) is 0 Å². The van der Waals surface area contributed by atoms with Crippen molar-refractivity contribution in [1.29, 1.82) is 0 Å². The maximum absolute atomic E-state index is 13.3. The van der Waals surface area contributed by atoms with Gasteiger partial charge in [0, 0.05) is 37.3 Å². The van der Waals surface area contributed by atoms with Gasteiger partial charge in [-0.15, -0.1) is 0 Å². The van der Waals surface area contributed by atoms with Crippen molar-refractivity contribution in [2.24, 2.45) is 5.41 Å². The van der Waals surface area contributed by atoms with Gasteiger partial charge in [0.15, 0.2) is 9.84 Å². The Morgan fingerprint density at radius 1 is 1.07 bits per heavy atom. The molecule has 0 N–H and O–H groups in total. The first-order chi connectivity index (χ1) is 13.1. The predicted molar refractivity (Wildman–Crippen MR) is 110 cm³/mol. The smallest absolute Gasteiger partial charge is 0.320 e. The minimum atomic E-state index is -3.24. The minimum absolute atomic E-state index is 0.125. The van der Waals surface area contributed by atoms with E-state index in [-0.39, 0.29) is 22.9 Å². The maximum Gasteiger partial charge on any atom is 0.320 e. The van der Waals surface area contributed by atoms with Crippen LogP contribution in [-0.4, -0.2) is 56.2 Å². The van der Waals surface area contributed by atoms with Gasteiger partial charge in [-0.25, -0.2) is 13.2 Å². The highest BCUT2D eigenvalue weighted by Gasteiger charge is 2.57. The molecule has 2 amide bonds. The van der Waals surface area contributed by atoms with Gasteiger partial charge in [-0.2, -0.15) is 0 Å². The first-order valence-corrected chi connectivity index (χ1v) is 12.3. The number of hydrogen-bond donors (Lipinski definition) is 0. The van der Waals surface area contributed by atoms with Crippen LogP contribution in [0.5, 0.6) is 0 Å². The van der Waals surface area contributed by atoms with Gasteiger partial charge in [-0.3, -0.25) is 0 Å². The van der Waals surface area contributed by atoms with E-state index in [2.05, 4.69) is 25.7 Å². The van der Waals surface area contributed by atoms with Crippen LogP contribution in [-0.2, 0) is 21.7 Å². The Bertz CT molecular complexity index is 902. The largest absolute Gasteiger partial charge is 0.325 e. The van der Waals surface area contributed by atoms with E-state index < -0.39 is 9.84 Å². The summed E-state index contributed by atoms with van der Waals surface area (Å²) in [5.74, 6) is 0. The van der Waals surface area contributed by atoms with Crippen molar-refractivity contribution in [1.82, 2.24) is 9.80 Å². The number of hydrogen-bond acceptors (Lipinski definition) is 3. The van der Waals surface area contributed by atoms with Gasteiger partial charge in [0.2, 0.25) is 0 Å². The summed E-state index contributed by atoms with van der Waals surface area (Å²) in [5, 5.41) is 0. The molecule has 1 aromatic rings. The number of likely N-dealkylation sites (tertiary alicyclic amines) is 2. The lowest BCUT2D eigenvalue weighted by molar-refractivity contribution is -0.0243. The first kappa shape index (κ1) is 19.7. The van der Waals surface area contributed by atoms with Crippen molar-refractivity contribution >= 4 is 15.9 Å². The van der Waals surface area contributed by atoms with Crippen LogP contribution in [0.1, 0.15) is 57.6 Å². The molecule has 2 atom stereocenters. The Hall–Kier alpha value is -1.56. The van der Waals surface area contributed by atoms with Gasteiger partial charge in [-0.1, -0.05) is 26.8 Å². The molecule has 4 rings (SSSR count). The zero-order valence-corrected chi connectivity index (χ0v) is 18.3. The third-order valence-corrected chi connectivity index (χ3v) is 8.98. The Morgan fingerprint density at radius 2 is 1.75 bits per heavy atom. The van der Waals surface area contributed by atoms with Crippen LogP contribution in [0.25, 0.3) is 0 Å². The van der Waals surface area contributed by atoms with E-state index in [1.165, 1.54) is 18.2 Å². The molecule has 0 radical (unpaired) electrons. The number of benzene rings is 1. The predicted octanol–water partition coefficient (Wildman–Crippen LogP) is 3.61. The van der Waals surface area contributed by atoms with Gasteiger partial charge in [0.05, 0.1) is 4.90 Å². The number of urea groups is 1. The van der Waals surface area contributed by atoms with Gasteiger partial charge >= 0.3 is 6.03 Å². The molecule has 28 heavy (non-hydrogen) atoms. The normalized spacial score (nSPS) is 29.4. The second kappa shape index (κ2) is 6.48. The van der Waals surface area contributed by atoms with Crippen molar-refractivity contribution in [3.05, 3.63) is 29.3 Å². The average Bonchev–Trinajstić information content (AvgIpc) is 2.64. The fraction of sp³-hybridized carbons (Fsp3) is 0.682. The molecule has 0 spiro atoms. The number of piperidine rings is 2. The topological polar surface area (TPSA) is 57.7 Å². The van der Waals surface area contributed by atoms with Gasteiger partial charge in [-0.05, 0) is 60.8 Å². The van der Waals surface area contributed by atoms with E-state index in [1.54, 1.807) is 6.07 Å². The number of amides is 2. The number of carbonyl (C=O) groups is 1. The average molecular weight is 405 g/mol. The maximum atomic E-state index is 13.3. The van der Waals surface area contributed by atoms with E-state index >= 15 is 0 Å². The minimum Gasteiger partial charge on any atom is -0.325 e. The third-order valence-electron chi connectivity index (χ3n) is 7.87. The molecule has 2 saturated heterocycles. The molecule has 2 heterocycles.